The lowest BCUT2D eigenvalue weighted by Crippen LogP contribution is -2.51. The smallest absolute Gasteiger partial charge is 0.264 e. The molecule has 0 bridgehead atoms. The number of carbonyl (C=O) groups is 2. The average Bonchev–Trinajstić information content (AvgIpc) is 2.95. The van der Waals surface area contributed by atoms with Gasteiger partial charge in [-0.25, -0.2) is 8.42 Å². The van der Waals surface area contributed by atoms with E-state index < -0.39 is 28.5 Å². The molecule has 220 valence electrons. The van der Waals surface area contributed by atoms with Gasteiger partial charge in [-0.05, 0) is 81.3 Å². The van der Waals surface area contributed by atoms with Crippen LogP contribution in [0, 0.1) is 6.92 Å². The van der Waals surface area contributed by atoms with E-state index in [9.17, 15) is 18.0 Å². The van der Waals surface area contributed by atoms with Crippen molar-refractivity contribution in [2.45, 2.75) is 51.6 Å². The summed E-state index contributed by atoms with van der Waals surface area (Å²) in [5, 5.41) is 3.47. The number of hydrogen-bond acceptors (Lipinski definition) is 5. The Morgan fingerprint density at radius 2 is 1.61 bits per heavy atom. The van der Waals surface area contributed by atoms with Crippen LogP contribution in [-0.4, -0.2) is 50.9 Å². The molecule has 0 fully saturated rings. The van der Waals surface area contributed by atoms with E-state index in [4.69, 9.17) is 27.9 Å². The highest BCUT2D eigenvalue weighted by atomic mass is 35.5. The fourth-order valence-corrected chi connectivity index (χ4v) is 5.79. The van der Waals surface area contributed by atoms with Crippen molar-refractivity contribution in [2.24, 2.45) is 0 Å². The Bertz CT molecular complexity index is 1450. The van der Waals surface area contributed by atoms with E-state index >= 15 is 0 Å². The fourth-order valence-electron chi connectivity index (χ4n) is 4.05. The molecular weight excluding hydrogens is 585 g/mol. The monoisotopic (exact) mass is 619 g/mol. The number of nitrogens with zero attached hydrogens (tertiary/aromatic N) is 2. The fraction of sp³-hybridized carbons (Fsp3) is 0.333. The van der Waals surface area contributed by atoms with Crippen LogP contribution in [-0.2, 0) is 26.2 Å². The molecule has 0 radical (unpaired) electrons. The van der Waals surface area contributed by atoms with Crippen molar-refractivity contribution in [2.75, 3.05) is 24.0 Å². The van der Waals surface area contributed by atoms with Crippen molar-refractivity contribution >= 4 is 50.7 Å². The number of benzene rings is 3. The van der Waals surface area contributed by atoms with E-state index in [0.717, 1.165) is 16.3 Å². The van der Waals surface area contributed by atoms with Crippen LogP contribution in [0.4, 0.5) is 5.69 Å². The maximum Gasteiger partial charge on any atom is 0.264 e. The maximum absolute atomic E-state index is 14.0. The number of hydrogen-bond donors (Lipinski definition) is 1. The van der Waals surface area contributed by atoms with Crippen LogP contribution < -0.4 is 14.4 Å². The zero-order valence-corrected chi connectivity index (χ0v) is 25.9. The van der Waals surface area contributed by atoms with Crippen molar-refractivity contribution in [1.82, 2.24) is 10.2 Å². The molecule has 2 amide bonds. The number of ether oxygens (including phenoxy) is 1. The van der Waals surface area contributed by atoms with E-state index in [1.165, 1.54) is 17.0 Å². The first-order chi connectivity index (χ1) is 19.5. The maximum atomic E-state index is 14.0. The molecule has 0 aliphatic heterocycles. The number of aryl methyl sites for hydroxylation is 1. The number of amides is 2. The van der Waals surface area contributed by atoms with Gasteiger partial charge in [0.2, 0.25) is 11.8 Å². The summed E-state index contributed by atoms with van der Waals surface area (Å²) < 4.78 is 34.4. The Balaban J connectivity index is 2.03. The molecule has 1 N–H and O–H groups in total. The van der Waals surface area contributed by atoms with Crippen molar-refractivity contribution in [3.05, 3.63) is 87.9 Å². The number of anilines is 1. The lowest BCUT2D eigenvalue weighted by Gasteiger charge is -2.32. The number of rotatable bonds is 13. The average molecular weight is 621 g/mol. The van der Waals surface area contributed by atoms with Crippen LogP contribution in [0.15, 0.2) is 71.6 Å². The lowest BCUT2D eigenvalue weighted by molar-refractivity contribution is -0.139. The van der Waals surface area contributed by atoms with Gasteiger partial charge in [-0.2, -0.15) is 0 Å². The third-order valence-electron chi connectivity index (χ3n) is 6.38. The molecule has 11 heteroatoms. The summed E-state index contributed by atoms with van der Waals surface area (Å²) in [6.45, 7) is 7.60. The second-order valence-electron chi connectivity index (χ2n) is 9.49. The van der Waals surface area contributed by atoms with Gasteiger partial charge in [0.15, 0.2) is 0 Å². The predicted molar refractivity (Wildman–Crippen MR) is 163 cm³/mol. The lowest BCUT2D eigenvalue weighted by atomic mass is 10.1. The second-order valence-corrected chi connectivity index (χ2v) is 12.2. The van der Waals surface area contributed by atoms with Crippen molar-refractivity contribution < 1.29 is 22.7 Å². The molecule has 0 saturated carbocycles. The van der Waals surface area contributed by atoms with Crippen molar-refractivity contribution in [3.8, 4) is 5.75 Å². The predicted octanol–water partition coefficient (Wildman–Crippen LogP) is 5.84. The highest BCUT2D eigenvalue weighted by Crippen LogP contribution is 2.28. The Morgan fingerprint density at radius 1 is 0.951 bits per heavy atom. The molecule has 1 atom stereocenters. The van der Waals surface area contributed by atoms with E-state index in [2.05, 4.69) is 5.32 Å². The number of nitrogens with one attached hydrogen (secondary N) is 1. The van der Waals surface area contributed by atoms with Crippen LogP contribution in [0.25, 0.3) is 0 Å². The normalized spacial score (nSPS) is 12.0. The Morgan fingerprint density at radius 3 is 2.20 bits per heavy atom. The van der Waals surface area contributed by atoms with Gasteiger partial charge in [0.1, 0.15) is 18.3 Å². The van der Waals surface area contributed by atoms with Gasteiger partial charge < -0.3 is 15.0 Å². The first-order valence-corrected chi connectivity index (χ1v) is 15.5. The number of sulfonamides is 1. The third-order valence-corrected chi connectivity index (χ3v) is 8.90. The van der Waals surface area contributed by atoms with Gasteiger partial charge in [-0.15, -0.1) is 0 Å². The van der Waals surface area contributed by atoms with Crippen molar-refractivity contribution in [3.63, 3.8) is 0 Å². The van der Waals surface area contributed by atoms with Crippen LogP contribution in [0.3, 0.4) is 0 Å². The molecule has 41 heavy (non-hydrogen) atoms. The van der Waals surface area contributed by atoms with Crippen molar-refractivity contribution in [1.29, 1.82) is 0 Å². The SMILES string of the molecule is CCCNC(=O)C(C)N(Cc1ccc(Cl)c(Cl)c1)C(=O)CN(c1ccc(OCC)cc1)S(=O)(=O)c1ccc(C)cc1. The highest BCUT2D eigenvalue weighted by molar-refractivity contribution is 7.92. The summed E-state index contributed by atoms with van der Waals surface area (Å²) >= 11 is 12.3. The summed E-state index contributed by atoms with van der Waals surface area (Å²) in [7, 11) is -4.16. The minimum absolute atomic E-state index is 0.0120. The highest BCUT2D eigenvalue weighted by Gasteiger charge is 2.32. The summed E-state index contributed by atoms with van der Waals surface area (Å²) in [6, 6.07) is 16.9. The van der Waals surface area contributed by atoms with Gasteiger partial charge in [-0.3, -0.25) is 13.9 Å². The van der Waals surface area contributed by atoms with E-state index in [1.807, 2.05) is 20.8 Å². The standard InChI is InChI=1S/C30H35Cl2N3O5S/c1-5-17-33-30(37)22(4)34(19-23-9-16-27(31)28(32)18-23)29(36)20-35(24-10-12-25(13-11-24)40-6-2)41(38,39)26-14-7-21(3)8-15-26/h7-16,18,22H,5-6,17,19-20H2,1-4H3,(H,33,37). The molecule has 3 aromatic carbocycles. The van der Waals surface area contributed by atoms with Crippen LogP contribution in [0.5, 0.6) is 5.75 Å². The van der Waals surface area contributed by atoms with Gasteiger partial charge in [-0.1, -0.05) is 53.9 Å². The summed E-state index contributed by atoms with van der Waals surface area (Å²) in [5.74, 6) is -0.355. The van der Waals surface area contributed by atoms with Crippen LogP contribution in [0.2, 0.25) is 10.0 Å². The second kappa shape index (κ2) is 14.6. The Labute approximate surface area is 252 Å². The zero-order valence-electron chi connectivity index (χ0n) is 23.6. The molecular formula is C30H35Cl2N3O5S. The first-order valence-electron chi connectivity index (χ1n) is 13.3. The molecule has 3 aromatic rings. The van der Waals surface area contributed by atoms with Gasteiger partial charge in [0.05, 0.1) is 27.2 Å². The topological polar surface area (TPSA) is 96.0 Å². The van der Waals surface area contributed by atoms with Crippen LogP contribution in [0.1, 0.15) is 38.3 Å². The Hall–Kier alpha value is -3.27. The molecule has 0 aliphatic carbocycles. The van der Waals surface area contributed by atoms with E-state index in [1.54, 1.807) is 61.5 Å². The van der Waals surface area contributed by atoms with Gasteiger partial charge in [0.25, 0.3) is 10.0 Å². The van der Waals surface area contributed by atoms with E-state index in [0.29, 0.717) is 34.5 Å². The summed E-state index contributed by atoms with van der Waals surface area (Å²) in [6.07, 6.45) is 0.722. The zero-order chi connectivity index (χ0) is 30.2. The first kappa shape index (κ1) is 32.2. The number of carbonyl (C=O) groups excluding carboxylic acids is 2. The molecule has 0 aliphatic rings. The number of halogens is 2. The minimum Gasteiger partial charge on any atom is -0.494 e. The molecule has 0 saturated heterocycles. The Kier molecular flexibility index (Phi) is 11.5. The largest absolute Gasteiger partial charge is 0.494 e. The minimum atomic E-state index is -4.16. The quantitative estimate of drug-likeness (QED) is 0.259. The molecule has 8 nitrogen and oxygen atoms in total. The molecule has 0 aromatic heterocycles. The molecule has 1 unspecified atom stereocenters. The van der Waals surface area contributed by atoms with Gasteiger partial charge >= 0.3 is 0 Å². The third kappa shape index (κ3) is 8.38. The summed E-state index contributed by atoms with van der Waals surface area (Å²) in [5.41, 5.74) is 1.81. The molecule has 0 heterocycles. The van der Waals surface area contributed by atoms with E-state index in [-0.39, 0.29) is 23.0 Å². The van der Waals surface area contributed by atoms with Crippen LogP contribution >= 0.6 is 23.2 Å². The molecule has 0 spiro atoms. The summed E-state index contributed by atoms with van der Waals surface area (Å²) in [4.78, 5) is 28.3. The molecule has 3 rings (SSSR count). The van der Waals surface area contributed by atoms with Gasteiger partial charge in [0, 0.05) is 13.1 Å².